The summed E-state index contributed by atoms with van der Waals surface area (Å²) in [5.74, 6) is 0. The molecule has 0 saturated heterocycles. The third-order valence-corrected chi connectivity index (χ3v) is 2.64. The molecular formula is C17H28O. The van der Waals surface area contributed by atoms with Gasteiger partial charge in [-0.2, -0.15) is 0 Å². The van der Waals surface area contributed by atoms with Gasteiger partial charge in [0.15, 0.2) is 0 Å². The highest BCUT2D eigenvalue weighted by Gasteiger charge is 1.92. The van der Waals surface area contributed by atoms with E-state index in [1.807, 2.05) is 30.4 Å². The van der Waals surface area contributed by atoms with Crippen molar-refractivity contribution in [3.63, 3.8) is 0 Å². The van der Waals surface area contributed by atoms with Crippen LogP contribution in [0.5, 0.6) is 0 Å². The van der Waals surface area contributed by atoms with Crippen LogP contribution in [-0.4, -0.2) is 11.2 Å². The Bertz CT molecular complexity index is 261. The van der Waals surface area contributed by atoms with E-state index in [0.29, 0.717) is 6.42 Å². The molecule has 18 heavy (non-hydrogen) atoms. The van der Waals surface area contributed by atoms with Gasteiger partial charge in [0, 0.05) is 0 Å². The summed E-state index contributed by atoms with van der Waals surface area (Å²) in [5.41, 5.74) is 0. The van der Waals surface area contributed by atoms with E-state index in [2.05, 4.69) is 25.7 Å². The standard InChI is InChI=1S/C17H28O/c1-3-5-7-8-9-10-11-12-14-16-17(18)15-13-6-4-2/h3,6,11-14,16-18H,1,4-5,7-10,15H2,2H3/b12-11-,13-6-,16-14+/t17-/m1/s1. The van der Waals surface area contributed by atoms with Crippen molar-refractivity contribution in [1.29, 1.82) is 0 Å². The summed E-state index contributed by atoms with van der Waals surface area (Å²) in [6.07, 6.45) is 21.4. The maximum absolute atomic E-state index is 9.59. The normalized spacial score (nSPS) is 13.9. The fourth-order valence-corrected chi connectivity index (χ4v) is 1.58. The average molecular weight is 248 g/mol. The molecule has 1 atom stereocenters. The quantitative estimate of drug-likeness (QED) is 0.311. The minimum Gasteiger partial charge on any atom is -0.389 e. The predicted octanol–water partition coefficient (Wildman–Crippen LogP) is 4.95. The van der Waals surface area contributed by atoms with Gasteiger partial charge in [-0.05, 0) is 38.5 Å². The zero-order chi connectivity index (χ0) is 13.5. The van der Waals surface area contributed by atoms with Crippen molar-refractivity contribution in [3.05, 3.63) is 49.1 Å². The van der Waals surface area contributed by atoms with Crippen LogP contribution in [0.2, 0.25) is 0 Å². The van der Waals surface area contributed by atoms with Crippen LogP contribution in [0.1, 0.15) is 51.9 Å². The van der Waals surface area contributed by atoms with Gasteiger partial charge < -0.3 is 5.11 Å². The Labute approximate surface area is 113 Å². The molecule has 0 rings (SSSR count). The molecule has 0 unspecified atom stereocenters. The van der Waals surface area contributed by atoms with Crippen LogP contribution in [0.15, 0.2) is 49.1 Å². The molecule has 1 heteroatoms. The van der Waals surface area contributed by atoms with Gasteiger partial charge in [-0.15, -0.1) is 6.58 Å². The van der Waals surface area contributed by atoms with Crippen LogP contribution >= 0.6 is 0 Å². The minimum atomic E-state index is -0.356. The van der Waals surface area contributed by atoms with Gasteiger partial charge in [-0.3, -0.25) is 0 Å². The van der Waals surface area contributed by atoms with Gasteiger partial charge in [0.25, 0.3) is 0 Å². The number of allylic oxidation sites excluding steroid dienone is 5. The number of hydrogen-bond donors (Lipinski definition) is 1. The molecule has 1 N–H and O–H groups in total. The minimum absolute atomic E-state index is 0.356. The Morgan fingerprint density at radius 2 is 1.78 bits per heavy atom. The molecule has 0 radical (unpaired) electrons. The number of aliphatic hydroxyl groups excluding tert-OH is 1. The summed E-state index contributed by atoms with van der Waals surface area (Å²) >= 11 is 0. The first-order valence-electron chi connectivity index (χ1n) is 7.08. The molecule has 0 heterocycles. The maximum Gasteiger partial charge on any atom is 0.0758 e. The molecule has 0 bridgehead atoms. The van der Waals surface area contributed by atoms with Gasteiger partial charge in [-0.25, -0.2) is 0 Å². The van der Waals surface area contributed by atoms with E-state index in [1.54, 1.807) is 0 Å². The highest BCUT2D eigenvalue weighted by Crippen LogP contribution is 2.04. The van der Waals surface area contributed by atoms with Crippen LogP contribution in [0.4, 0.5) is 0 Å². The second-order valence-electron chi connectivity index (χ2n) is 4.42. The van der Waals surface area contributed by atoms with Crippen LogP contribution in [0, 0.1) is 0 Å². The van der Waals surface area contributed by atoms with Gasteiger partial charge >= 0.3 is 0 Å². The lowest BCUT2D eigenvalue weighted by atomic mass is 10.1. The molecule has 0 saturated carbocycles. The molecule has 0 aromatic heterocycles. The van der Waals surface area contributed by atoms with Crippen LogP contribution < -0.4 is 0 Å². The topological polar surface area (TPSA) is 20.2 Å². The molecule has 0 aliphatic rings. The van der Waals surface area contributed by atoms with Crippen LogP contribution in [-0.2, 0) is 0 Å². The van der Waals surface area contributed by atoms with Crippen molar-refractivity contribution >= 4 is 0 Å². The van der Waals surface area contributed by atoms with Gasteiger partial charge in [0.05, 0.1) is 6.10 Å². The first-order chi connectivity index (χ1) is 8.81. The SMILES string of the molecule is C=CCCCCC/C=C\C=C\[C@H](O)C/C=C\CC. The second-order valence-corrected chi connectivity index (χ2v) is 4.42. The highest BCUT2D eigenvalue weighted by molar-refractivity contribution is 5.05. The fourth-order valence-electron chi connectivity index (χ4n) is 1.58. The van der Waals surface area contributed by atoms with Crippen molar-refractivity contribution in [2.24, 2.45) is 0 Å². The van der Waals surface area contributed by atoms with Crippen LogP contribution in [0.25, 0.3) is 0 Å². The third-order valence-electron chi connectivity index (χ3n) is 2.64. The van der Waals surface area contributed by atoms with Crippen LogP contribution in [0.3, 0.4) is 0 Å². The van der Waals surface area contributed by atoms with Gasteiger partial charge in [0.2, 0.25) is 0 Å². The number of rotatable bonds is 11. The monoisotopic (exact) mass is 248 g/mol. The smallest absolute Gasteiger partial charge is 0.0758 e. The molecule has 1 nitrogen and oxygen atoms in total. The third kappa shape index (κ3) is 13.0. The Balaban J connectivity index is 3.49. The predicted molar refractivity (Wildman–Crippen MR) is 81.6 cm³/mol. The second kappa shape index (κ2) is 14.0. The number of hydrogen-bond acceptors (Lipinski definition) is 1. The first-order valence-corrected chi connectivity index (χ1v) is 7.08. The Kier molecular flexibility index (Phi) is 13.1. The molecule has 0 aliphatic carbocycles. The van der Waals surface area contributed by atoms with Crippen molar-refractivity contribution in [2.45, 2.75) is 58.0 Å². The summed E-state index contributed by atoms with van der Waals surface area (Å²) in [7, 11) is 0. The fraction of sp³-hybridized carbons (Fsp3) is 0.529. The number of unbranched alkanes of at least 4 members (excludes halogenated alkanes) is 4. The molecule has 102 valence electrons. The maximum atomic E-state index is 9.59. The largest absolute Gasteiger partial charge is 0.389 e. The molecule has 0 fully saturated rings. The van der Waals surface area contributed by atoms with E-state index in [1.165, 1.54) is 19.3 Å². The Morgan fingerprint density at radius 1 is 1.00 bits per heavy atom. The van der Waals surface area contributed by atoms with E-state index >= 15 is 0 Å². The van der Waals surface area contributed by atoms with Gasteiger partial charge in [-0.1, -0.05) is 55.9 Å². The zero-order valence-electron chi connectivity index (χ0n) is 11.7. The van der Waals surface area contributed by atoms with Crippen molar-refractivity contribution < 1.29 is 5.11 Å². The first kappa shape index (κ1) is 16.9. The van der Waals surface area contributed by atoms with E-state index in [4.69, 9.17) is 0 Å². The van der Waals surface area contributed by atoms with E-state index in [0.717, 1.165) is 19.3 Å². The Hall–Kier alpha value is -1.08. The summed E-state index contributed by atoms with van der Waals surface area (Å²) in [6.45, 7) is 5.80. The van der Waals surface area contributed by atoms with E-state index in [9.17, 15) is 5.11 Å². The average Bonchev–Trinajstić information content (AvgIpc) is 2.37. The number of aliphatic hydroxyl groups is 1. The summed E-state index contributed by atoms with van der Waals surface area (Å²) in [6, 6.07) is 0. The zero-order valence-corrected chi connectivity index (χ0v) is 11.7. The van der Waals surface area contributed by atoms with Gasteiger partial charge in [0.1, 0.15) is 0 Å². The van der Waals surface area contributed by atoms with Crippen molar-refractivity contribution in [2.75, 3.05) is 0 Å². The molecular weight excluding hydrogens is 220 g/mol. The van der Waals surface area contributed by atoms with E-state index < -0.39 is 0 Å². The molecule has 0 aliphatic heterocycles. The molecule has 0 spiro atoms. The Morgan fingerprint density at radius 3 is 2.50 bits per heavy atom. The lowest BCUT2D eigenvalue weighted by molar-refractivity contribution is 0.227. The molecule has 0 aromatic rings. The molecule has 0 amide bonds. The van der Waals surface area contributed by atoms with Crippen molar-refractivity contribution in [1.82, 2.24) is 0 Å². The van der Waals surface area contributed by atoms with E-state index in [-0.39, 0.29) is 6.10 Å². The van der Waals surface area contributed by atoms with Crippen molar-refractivity contribution in [3.8, 4) is 0 Å². The summed E-state index contributed by atoms with van der Waals surface area (Å²) in [4.78, 5) is 0. The summed E-state index contributed by atoms with van der Waals surface area (Å²) in [5, 5.41) is 9.59. The summed E-state index contributed by atoms with van der Waals surface area (Å²) < 4.78 is 0. The highest BCUT2D eigenvalue weighted by atomic mass is 16.3. The lowest BCUT2D eigenvalue weighted by Gasteiger charge is -1.98. The lowest BCUT2D eigenvalue weighted by Crippen LogP contribution is -1.98. The molecule has 0 aromatic carbocycles.